The maximum atomic E-state index is 14.0. The highest BCUT2D eigenvalue weighted by molar-refractivity contribution is 6.53. The number of aromatic carboxylic acids is 1. The number of carbonyl (C=O) groups excluding carboxylic acids is 4. The lowest BCUT2D eigenvalue weighted by atomic mass is 9.56. The summed E-state index contributed by atoms with van der Waals surface area (Å²) >= 11 is 14.0. The summed E-state index contributed by atoms with van der Waals surface area (Å²) in [5.74, 6) is -10.5. The van der Waals surface area contributed by atoms with E-state index < -0.39 is 87.3 Å². The number of phenols is 1. The van der Waals surface area contributed by atoms with Crippen LogP contribution >= 0.6 is 23.2 Å². The lowest BCUT2D eigenvalue weighted by Crippen LogP contribution is -2.60. The van der Waals surface area contributed by atoms with E-state index in [4.69, 9.17) is 23.2 Å². The van der Waals surface area contributed by atoms with Gasteiger partial charge in [0.25, 0.3) is 11.8 Å². The van der Waals surface area contributed by atoms with Crippen LogP contribution in [0.5, 0.6) is 11.5 Å². The topological polar surface area (TPSA) is 142 Å². The predicted octanol–water partition coefficient (Wildman–Crippen LogP) is 4.18. The molecule has 2 saturated heterocycles. The van der Waals surface area contributed by atoms with Crippen LogP contribution < -0.4 is 9.64 Å². The number of likely N-dealkylation sites (tertiary alicyclic amines) is 1. The molecular formula is C29H21Cl2F3N2O8. The Morgan fingerprint density at radius 3 is 2.39 bits per heavy atom. The SMILES string of the molecule is CN1C(=O)C2(Cl)CC3C(=CCC4C(=O)N(c5cccc(C(=O)O)c5)C(=O)C43)C(c3cc(OC(F)(F)F)ccc3O)C2(Cl)C1=O. The van der Waals surface area contributed by atoms with Crippen molar-refractivity contribution in [3.8, 4) is 11.5 Å². The van der Waals surface area contributed by atoms with Crippen molar-refractivity contribution in [2.24, 2.45) is 17.8 Å². The minimum atomic E-state index is -5.10. The number of carbonyl (C=O) groups is 5. The number of anilines is 1. The molecule has 0 aromatic heterocycles. The molecule has 4 aliphatic rings. The molecule has 4 amide bonds. The van der Waals surface area contributed by atoms with Crippen LogP contribution in [0.1, 0.15) is 34.7 Å². The molecule has 6 rings (SSSR count). The van der Waals surface area contributed by atoms with Gasteiger partial charge in [0.1, 0.15) is 11.5 Å². The van der Waals surface area contributed by atoms with Crippen LogP contribution in [0.4, 0.5) is 18.9 Å². The summed E-state index contributed by atoms with van der Waals surface area (Å²) in [7, 11) is 1.14. The second-order valence-corrected chi connectivity index (χ2v) is 12.4. The van der Waals surface area contributed by atoms with E-state index in [9.17, 15) is 47.4 Å². The summed E-state index contributed by atoms with van der Waals surface area (Å²) < 4.78 is 43.4. The van der Waals surface area contributed by atoms with E-state index in [0.717, 1.165) is 30.1 Å². The molecule has 10 nitrogen and oxygen atoms in total. The number of ether oxygens (including phenoxy) is 1. The van der Waals surface area contributed by atoms with Gasteiger partial charge in [0.05, 0.1) is 23.1 Å². The van der Waals surface area contributed by atoms with Crippen LogP contribution in [-0.2, 0) is 19.2 Å². The number of aromatic hydroxyl groups is 1. The molecule has 0 spiro atoms. The first-order valence-corrected chi connectivity index (χ1v) is 14.0. The first kappa shape index (κ1) is 29.9. The second-order valence-electron chi connectivity index (χ2n) is 11.1. The minimum absolute atomic E-state index is 0.0111. The molecule has 230 valence electrons. The highest BCUT2D eigenvalue weighted by Crippen LogP contribution is 2.66. The number of amides is 4. The third-order valence-corrected chi connectivity index (χ3v) is 10.3. The number of hydrogen-bond acceptors (Lipinski definition) is 7. The van der Waals surface area contributed by atoms with E-state index in [2.05, 4.69) is 4.74 Å². The Morgan fingerprint density at radius 1 is 1.02 bits per heavy atom. The fourth-order valence-electron chi connectivity index (χ4n) is 7.08. The molecule has 6 atom stereocenters. The first-order chi connectivity index (χ1) is 20.5. The number of benzene rings is 2. The van der Waals surface area contributed by atoms with Crippen molar-refractivity contribution < 1.29 is 52.1 Å². The number of carboxylic acid groups (broad SMARTS) is 1. The largest absolute Gasteiger partial charge is 0.573 e. The van der Waals surface area contributed by atoms with E-state index in [1.807, 2.05) is 0 Å². The van der Waals surface area contributed by atoms with Gasteiger partial charge in [0.15, 0.2) is 9.75 Å². The zero-order valence-electron chi connectivity index (χ0n) is 22.5. The number of imide groups is 2. The summed E-state index contributed by atoms with van der Waals surface area (Å²) in [4.78, 5) is 63.3. The Morgan fingerprint density at radius 2 is 1.73 bits per heavy atom. The minimum Gasteiger partial charge on any atom is -0.508 e. The quantitative estimate of drug-likeness (QED) is 0.285. The van der Waals surface area contributed by atoms with Gasteiger partial charge in [-0.05, 0) is 55.2 Å². The standard InChI is InChI=1S/C29H21Cl2F3N2O8/c1-35-25(42)27(30)11-18-15(21(28(27,31)26(35)43)17-10-14(5-8-19(17)37)44-29(32,33)34)6-7-16-20(18)23(39)36(22(16)38)13-4-2-3-12(9-13)24(40)41/h2-6,8-10,16,18,20-21,37H,7,11H2,1H3,(H,40,41). The van der Waals surface area contributed by atoms with Gasteiger partial charge in [-0.25, -0.2) is 4.79 Å². The number of carboxylic acids is 1. The van der Waals surface area contributed by atoms with Crippen LogP contribution in [0.3, 0.4) is 0 Å². The Hall–Kier alpha value is -4.10. The summed E-state index contributed by atoms with van der Waals surface area (Å²) in [6.45, 7) is 0. The van der Waals surface area contributed by atoms with E-state index in [1.165, 1.54) is 30.3 Å². The van der Waals surface area contributed by atoms with E-state index in [1.54, 1.807) is 0 Å². The van der Waals surface area contributed by atoms with Crippen molar-refractivity contribution in [1.29, 1.82) is 0 Å². The molecule has 2 aromatic carbocycles. The average molecular weight is 653 g/mol. The maximum absolute atomic E-state index is 14.0. The van der Waals surface area contributed by atoms with Gasteiger partial charge in [-0.1, -0.05) is 17.7 Å². The fourth-order valence-corrected chi connectivity index (χ4v) is 8.09. The number of alkyl halides is 5. The van der Waals surface area contributed by atoms with Gasteiger partial charge in [-0.3, -0.25) is 29.0 Å². The fraction of sp³-hybridized carbons (Fsp3) is 0.345. The molecule has 2 N–H and O–H groups in total. The molecule has 0 bridgehead atoms. The summed E-state index contributed by atoms with van der Waals surface area (Å²) in [5, 5.41) is 20.3. The van der Waals surface area contributed by atoms with Gasteiger partial charge in [0, 0.05) is 18.5 Å². The molecule has 6 unspecified atom stereocenters. The van der Waals surface area contributed by atoms with E-state index in [0.29, 0.717) is 4.90 Å². The van der Waals surface area contributed by atoms with E-state index >= 15 is 0 Å². The molecule has 1 saturated carbocycles. The summed E-state index contributed by atoms with van der Waals surface area (Å²) in [6.07, 6.45) is -4.02. The number of halogens is 5. The molecular weight excluding hydrogens is 632 g/mol. The number of hydrogen-bond donors (Lipinski definition) is 2. The molecule has 44 heavy (non-hydrogen) atoms. The van der Waals surface area contributed by atoms with Crippen molar-refractivity contribution in [3.05, 3.63) is 65.2 Å². The molecule has 2 heterocycles. The van der Waals surface area contributed by atoms with Gasteiger partial charge in [-0.2, -0.15) is 0 Å². The monoisotopic (exact) mass is 652 g/mol. The van der Waals surface area contributed by atoms with Gasteiger partial charge >= 0.3 is 12.3 Å². The van der Waals surface area contributed by atoms with Crippen molar-refractivity contribution in [2.75, 3.05) is 11.9 Å². The Bertz CT molecular complexity index is 1710. The molecule has 0 radical (unpaired) electrons. The van der Waals surface area contributed by atoms with Crippen LogP contribution in [0.2, 0.25) is 0 Å². The molecule has 15 heteroatoms. The maximum Gasteiger partial charge on any atom is 0.573 e. The second kappa shape index (κ2) is 9.70. The highest BCUT2D eigenvalue weighted by atomic mass is 35.5. The summed E-state index contributed by atoms with van der Waals surface area (Å²) in [6, 6.07) is 7.81. The van der Waals surface area contributed by atoms with Gasteiger partial charge in [-0.15, -0.1) is 36.4 Å². The molecule has 2 aromatic rings. The lowest BCUT2D eigenvalue weighted by molar-refractivity contribution is -0.274. The zero-order valence-corrected chi connectivity index (χ0v) is 24.0. The Labute approximate surface area is 256 Å². The molecule has 2 aliphatic carbocycles. The lowest BCUT2D eigenvalue weighted by Gasteiger charge is -2.50. The molecule has 2 aliphatic heterocycles. The number of fused-ring (bicyclic) bond motifs is 4. The summed E-state index contributed by atoms with van der Waals surface area (Å²) in [5.41, 5.74) is -0.233. The Balaban J connectivity index is 1.51. The normalized spacial score (nSPS) is 31.5. The highest BCUT2D eigenvalue weighted by Gasteiger charge is 2.76. The molecule has 3 fully saturated rings. The van der Waals surface area contributed by atoms with Crippen molar-refractivity contribution >= 4 is 58.5 Å². The van der Waals surface area contributed by atoms with Crippen LogP contribution in [-0.4, -0.2) is 67.9 Å². The number of nitrogens with zero attached hydrogens (tertiary/aromatic N) is 2. The van der Waals surface area contributed by atoms with Crippen molar-refractivity contribution in [1.82, 2.24) is 4.90 Å². The Kier molecular flexibility index (Phi) is 6.60. The predicted molar refractivity (Wildman–Crippen MR) is 146 cm³/mol. The van der Waals surface area contributed by atoms with Gasteiger partial charge < -0.3 is 14.9 Å². The van der Waals surface area contributed by atoms with Crippen molar-refractivity contribution in [3.63, 3.8) is 0 Å². The van der Waals surface area contributed by atoms with Gasteiger partial charge in [0.2, 0.25) is 11.8 Å². The third kappa shape index (κ3) is 4.05. The van der Waals surface area contributed by atoms with Crippen LogP contribution in [0, 0.1) is 17.8 Å². The number of phenolic OH excluding ortho intramolecular Hbond substituents is 1. The third-order valence-electron chi connectivity index (χ3n) is 8.91. The van der Waals surface area contributed by atoms with E-state index in [-0.39, 0.29) is 28.8 Å². The first-order valence-electron chi connectivity index (χ1n) is 13.2. The smallest absolute Gasteiger partial charge is 0.508 e. The number of rotatable bonds is 4. The average Bonchev–Trinajstić information content (AvgIpc) is 3.28. The number of allylic oxidation sites excluding steroid dienone is 2. The van der Waals surface area contributed by atoms with Crippen LogP contribution in [0.25, 0.3) is 0 Å². The van der Waals surface area contributed by atoms with Crippen LogP contribution in [0.15, 0.2) is 54.1 Å². The zero-order chi connectivity index (χ0) is 32.1. The van der Waals surface area contributed by atoms with Crippen molar-refractivity contribution in [2.45, 2.75) is 34.9 Å².